The van der Waals surface area contributed by atoms with Gasteiger partial charge in [0.25, 0.3) is 0 Å². The molecule has 3 aromatic rings. The Balaban J connectivity index is 1.41. The number of aromatic nitrogens is 1. The maximum atomic E-state index is 12.7. The Labute approximate surface area is 179 Å². The monoisotopic (exact) mass is 403 g/mol. The zero-order valence-corrected chi connectivity index (χ0v) is 18.2. The quantitative estimate of drug-likeness (QED) is 0.603. The first-order chi connectivity index (χ1) is 14.6. The van der Waals surface area contributed by atoms with Crippen LogP contribution in [0, 0.1) is 6.92 Å². The van der Waals surface area contributed by atoms with Crippen LogP contribution in [0.2, 0.25) is 0 Å². The molecule has 0 radical (unpaired) electrons. The van der Waals surface area contributed by atoms with Gasteiger partial charge in [-0.2, -0.15) is 0 Å². The number of carbonyl (C=O) groups is 1. The number of rotatable bonds is 7. The van der Waals surface area contributed by atoms with Gasteiger partial charge in [-0.15, -0.1) is 0 Å². The summed E-state index contributed by atoms with van der Waals surface area (Å²) < 4.78 is 2.07. The Kier molecular flexibility index (Phi) is 6.53. The molecule has 0 atom stereocenters. The van der Waals surface area contributed by atoms with E-state index in [0.29, 0.717) is 19.1 Å². The Morgan fingerprint density at radius 1 is 1.07 bits per heavy atom. The summed E-state index contributed by atoms with van der Waals surface area (Å²) >= 11 is 0. The van der Waals surface area contributed by atoms with Crippen LogP contribution in [0.1, 0.15) is 37.7 Å². The molecular weight excluding hydrogens is 370 g/mol. The van der Waals surface area contributed by atoms with Crippen molar-refractivity contribution >= 4 is 16.8 Å². The van der Waals surface area contributed by atoms with E-state index in [1.165, 1.54) is 48.8 Å². The molecule has 1 aromatic heterocycles. The molecular formula is C26H33N3O. The minimum Gasteiger partial charge on any atom is -0.353 e. The maximum Gasteiger partial charge on any atom is 0.239 e. The molecule has 1 amide bonds. The van der Waals surface area contributed by atoms with Crippen LogP contribution in [-0.4, -0.2) is 41.6 Å². The highest BCUT2D eigenvalue weighted by molar-refractivity contribution is 5.95. The average Bonchev–Trinajstić information content (AvgIpc) is 3.18. The van der Waals surface area contributed by atoms with Crippen LogP contribution in [0.3, 0.4) is 0 Å². The molecule has 4 nitrogen and oxygen atoms in total. The maximum absolute atomic E-state index is 12.7. The second-order valence-electron chi connectivity index (χ2n) is 8.68. The molecule has 2 aromatic carbocycles. The highest BCUT2D eigenvalue weighted by atomic mass is 16.1. The molecule has 0 saturated heterocycles. The van der Waals surface area contributed by atoms with Gasteiger partial charge in [-0.1, -0.05) is 67.3 Å². The first-order valence-electron chi connectivity index (χ1n) is 11.2. The summed E-state index contributed by atoms with van der Waals surface area (Å²) in [6, 6.07) is 17.7. The van der Waals surface area contributed by atoms with Gasteiger partial charge in [0.15, 0.2) is 0 Å². The third-order valence-electron chi connectivity index (χ3n) is 6.45. The fourth-order valence-electron chi connectivity index (χ4n) is 4.65. The molecule has 0 unspecified atom stereocenters. The second kappa shape index (κ2) is 9.48. The number of aryl methyl sites for hydroxylation is 1. The average molecular weight is 404 g/mol. The number of para-hydroxylation sites is 1. The van der Waals surface area contributed by atoms with Crippen LogP contribution >= 0.6 is 0 Å². The van der Waals surface area contributed by atoms with Crippen LogP contribution in [0.4, 0.5) is 0 Å². The van der Waals surface area contributed by atoms with Crippen molar-refractivity contribution in [1.82, 2.24) is 14.8 Å². The lowest BCUT2D eigenvalue weighted by Gasteiger charge is -2.31. The third-order valence-corrected chi connectivity index (χ3v) is 6.45. The summed E-state index contributed by atoms with van der Waals surface area (Å²) in [5.74, 6) is 0.0725. The Morgan fingerprint density at radius 2 is 1.83 bits per heavy atom. The normalized spacial score (nSPS) is 15.0. The van der Waals surface area contributed by atoms with Gasteiger partial charge >= 0.3 is 0 Å². The predicted molar refractivity (Wildman–Crippen MR) is 125 cm³/mol. The van der Waals surface area contributed by atoms with E-state index in [4.69, 9.17) is 0 Å². The lowest BCUT2D eigenvalue weighted by atomic mass is 9.94. The molecule has 4 heteroatoms. The van der Waals surface area contributed by atoms with E-state index < -0.39 is 0 Å². The van der Waals surface area contributed by atoms with Crippen LogP contribution in [0.25, 0.3) is 22.0 Å². The standard InChI is InChI=1S/C26H33N3O/c1-20-11-13-21(14-12-20)24-10-6-7-22-15-17-29(26(22)24)19-25(30)27-16-18-28(2)23-8-4-3-5-9-23/h6-7,10-15,17,23H,3-5,8-9,16,18-19H2,1-2H3,(H,27,30). The van der Waals surface area contributed by atoms with E-state index in [0.717, 1.165) is 17.4 Å². The van der Waals surface area contributed by atoms with Gasteiger partial charge < -0.3 is 14.8 Å². The molecule has 1 heterocycles. The van der Waals surface area contributed by atoms with Gasteiger partial charge in [-0.25, -0.2) is 0 Å². The van der Waals surface area contributed by atoms with Gasteiger partial charge in [0.05, 0.1) is 5.52 Å². The van der Waals surface area contributed by atoms with E-state index in [1.54, 1.807) is 0 Å². The lowest BCUT2D eigenvalue weighted by molar-refractivity contribution is -0.121. The van der Waals surface area contributed by atoms with Gasteiger partial charge in [-0.05, 0) is 38.4 Å². The Hall–Kier alpha value is -2.59. The molecule has 0 aliphatic heterocycles. The van der Waals surface area contributed by atoms with Gasteiger partial charge in [-0.3, -0.25) is 4.79 Å². The van der Waals surface area contributed by atoms with Gasteiger partial charge in [0.1, 0.15) is 6.54 Å². The van der Waals surface area contributed by atoms with Crippen LogP contribution in [0.15, 0.2) is 54.7 Å². The predicted octanol–water partition coefficient (Wildman–Crippen LogP) is 5.00. The molecule has 0 bridgehead atoms. The molecule has 0 spiro atoms. The number of benzene rings is 2. The fraction of sp³-hybridized carbons (Fsp3) is 0.423. The molecule has 1 saturated carbocycles. The van der Waals surface area contributed by atoms with Crippen molar-refractivity contribution in [2.75, 3.05) is 20.1 Å². The number of fused-ring (bicyclic) bond motifs is 1. The number of hydrogen-bond donors (Lipinski definition) is 1. The van der Waals surface area contributed by atoms with Crippen molar-refractivity contribution in [3.8, 4) is 11.1 Å². The Morgan fingerprint density at radius 3 is 2.60 bits per heavy atom. The van der Waals surface area contributed by atoms with Crippen molar-refractivity contribution in [2.24, 2.45) is 0 Å². The second-order valence-corrected chi connectivity index (χ2v) is 8.68. The minimum atomic E-state index is 0.0725. The topological polar surface area (TPSA) is 37.3 Å². The number of amides is 1. The van der Waals surface area contributed by atoms with E-state index in [1.807, 2.05) is 6.20 Å². The van der Waals surface area contributed by atoms with Crippen molar-refractivity contribution in [3.05, 3.63) is 60.3 Å². The summed E-state index contributed by atoms with van der Waals surface area (Å²) in [6.45, 7) is 4.07. The summed E-state index contributed by atoms with van der Waals surface area (Å²) in [5.41, 5.74) is 4.72. The molecule has 1 aliphatic rings. The molecule has 158 valence electrons. The lowest BCUT2D eigenvalue weighted by Crippen LogP contribution is -2.40. The summed E-state index contributed by atoms with van der Waals surface area (Å²) in [4.78, 5) is 15.1. The number of nitrogens with zero attached hydrogens (tertiary/aromatic N) is 2. The first kappa shape index (κ1) is 20.7. The van der Waals surface area contributed by atoms with Crippen LogP contribution < -0.4 is 5.32 Å². The van der Waals surface area contributed by atoms with Crippen molar-refractivity contribution in [1.29, 1.82) is 0 Å². The van der Waals surface area contributed by atoms with Crippen molar-refractivity contribution < 1.29 is 4.79 Å². The number of likely N-dealkylation sites (N-methyl/N-ethyl adjacent to an activating group) is 1. The molecule has 30 heavy (non-hydrogen) atoms. The minimum absolute atomic E-state index is 0.0725. The summed E-state index contributed by atoms with van der Waals surface area (Å²) in [7, 11) is 2.19. The van der Waals surface area contributed by atoms with Gasteiger partial charge in [0.2, 0.25) is 5.91 Å². The largest absolute Gasteiger partial charge is 0.353 e. The zero-order valence-electron chi connectivity index (χ0n) is 18.2. The summed E-state index contributed by atoms with van der Waals surface area (Å²) in [6.07, 6.45) is 8.66. The van der Waals surface area contributed by atoms with Crippen LogP contribution in [0.5, 0.6) is 0 Å². The van der Waals surface area contributed by atoms with E-state index in [-0.39, 0.29) is 5.91 Å². The smallest absolute Gasteiger partial charge is 0.239 e. The molecule has 1 aliphatic carbocycles. The molecule has 1 fully saturated rings. The molecule has 4 rings (SSSR count). The number of hydrogen-bond acceptors (Lipinski definition) is 2. The van der Waals surface area contributed by atoms with E-state index in [2.05, 4.69) is 77.3 Å². The highest BCUT2D eigenvalue weighted by Crippen LogP contribution is 2.29. The number of nitrogens with one attached hydrogen (secondary N) is 1. The summed E-state index contributed by atoms with van der Waals surface area (Å²) in [5, 5.41) is 4.29. The van der Waals surface area contributed by atoms with Crippen LogP contribution in [-0.2, 0) is 11.3 Å². The van der Waals surface area contributed by atoms with Crippen molar-refractivity contribution in [3.63, 3.8) is 0 Å². The Bertz CT molecular complexity index is 983. The highest BCUT2D eigenvalue weighted by Gasteiger charge is 2.17. The first-order valence-corrected chi connectivity index (χ1v) is 11.2. The SMILES string of the molecule is Cc1ccc(-c2cccc3ccn(CC(=O)NCCN(C)C4CCCCC4)c23)cc1. The fourth-order valence-corrected chi connectivity index (χ4v) is 4.65. The number of carbonyl (C=O) groups excluding carboxylic acids is 1. The zero-order chi connectivity index (χ0) is 20.9. The van der Waals surface area contributed by atoms with Gasteiger partial charge in [0, 0.05) is 36.3 Å². The van der Waals surface area contributed by atoms with Crippen molar-refractivity contribution in [2.45, 2.75) is 51.6 Å². The van der Waals surface area contributed by atoms with E-state index >= 15 is 0 Å². The third kappa shape index (κ3) is 4.76. The van der Waals surface area contributed by atoms with E-state index in [9.17, 15) is 4.79 Å². The molecule has 1 N–H and O–H groups in total.